The summed E-state index contributed by atoms with van der Waals surface area (Å²) in [7, 11) is 0. The van der Waals surface area contributed by atoms with Crippen LogP contribution in [0, 0.1) is 0 Å². The van der Waals surface area contributed by atoms with Crippen LogP contribution in [0.3, 0.4) is 0 Å². The van der Waals surface area contributed by atoms with Crippen LogP contribution in [0.25, 0.3) is 42.4 Å². The maximum absolute atomic E-state index is 4.10. The van der Waals surface area contributed by atoms with Crippen molar-refractivity contribution in [1.82, 2.24) is 9.97 Å². The maximum atomic E-state index is 4.10. The van der Waals surface area contributed by atoms with Gasteiger partial charge in [-0.25, -0.2) is 0 Å². The first kappa shape index (κ1) is 14.3. The van der Waals surface area contributed by atoms with Crippen molar-refractivity contribution in [3.8, 4) is 22.3 Å². The van der Waals surface area contributed by atoms with Gasteiger partial charge in [-0.1, -0.05) is 24.3 Å². The van der Waals surface area contributed by atoms with E-state index in [2.05, 4.69) is 70.6 Å². The highest BCUT2D eigenvalue weighted by Gasteiger charge is 2.08. The van der Waals surface area contributed by atoms with Gasteiger partial charge in [0.15, 0.2) is 0 Å². The summed E-state index contributed by atoms with van der Waals surface area (Å²) in [6.07, 6.45) is 7.35. The third kappa shape index (κ3) is 2.49. The first-order chi connectivity index (χ1) is 12.4. The van der Waals surface area contributed by atoms with E-state index in [1.54, 1.807) is 0 Å². The molecule has 0 bridgehead atoms. The van der Waals surface area contributed by atoms with Crippen LogP contribution >= 0.6 is 11.3 Å². The zero-order valence-electron chi connectivity index (χ0n) is 13.4. The quantitative estimate of drug-likeness (QED) is 0.384. The van der Waals surface area contributed by atoms with Crippen LogP contribution in [0.4, 0.5) is 0 Å². The lowest BCUT2D eigenvalue weighted by Gasteiger charge is -2.02. The topological polar surface area (TPSA) is 25.8 Å². The molecule has 0 aliphatic heterocycles. The Hall–Kier alpha value is -3.04. The third-order valence-corrected chi connectivity index (χ3v) is 5.62. The second-order valence-corrected chi connectivity index (χ2v) is 7.08. The molecule has 0 unspecified atom stereocenters. The standard InChI is InChI=1S/C22H14N2S/c1-3-19-20-4-2-18(16-7-11-24-12-8-16)14-22(20)25-21(19)13-17(1)15-5-9-23-10-6-15/h1-14H. The fourth-order valence-corrected chi connectivity index (χ4v) is 4.41. The molecule has 25 heavy (non-hydrogen) atoms. The molecular formula is C22H14N2S. The van der Waals surface area contributed by atoms with Crippen LogP contribution in [0.15, 0.2) is 85.5 Å². The molecule has 3 aromatic heterocycles. The van der Waals surface area contributed by atoms with Gasteiger partial charge in [-0.3, -0.25) is 9.97 Å². The van der Waals surface area contributed by atoms with Gasteiger partial charge in [0.05, 0.1) is 0 Å². The molecule has 118 valence electrons. The SMILES string of the molecule is c1cc(-c2ccc3c(c2)sc2cc(-c4ccncc4)ccc23)ccn1. The molecule has 0 radical (unpaired) electrons. The number of rotatable bonds is 2. The van der Waals surface area contributed by atoms with Gasteiger partial charge in [0.25, 0.3) is 0 Å². The first-order valence-electron chi connectivity index (χ1n) is 8.16. The van der Waals surface area contributed by atoms with Crippen LogP contribution in [-0.2, 0) is 0 Å². The fraction of sp³-hybridized carbons (Fsp3) is 0. The number of benzene rings is 2. The lowest BCUT2D eigenvalue weighted by molar-refractivity contribution is 1.33. The van der Waals surface area contributed by atoms with E-state index < -0.39 is 0 Å². The van der Waals surface area contributed by atoms with Crippen molar-refractivity contribution < 1.29 is 0 Å². The number of hydrogen-bond acceptors (Lipinski definition) is 3. The predicted octanol–water partition coefficient (Wildman–Crippen LogP) is 6.18. The highest BCUT2D eigenvalue weighted by atomic mass is 32.1. The predicted molar refractivity (Wildman–Crippen MR) is 106 cm³/mol. The molecule has 0 spiro atoms. The minimum atomic E-state index is 1.20. The lowest BCUT2D eigenvalue weighted by Crippen LogP contribution is -1.78. The summed E-state index contributed by atoms with van der Waals surface area (Å²) in [4.78, 5) is 8.21. The number of fused-ring (bicyclic) bond motifs is 3. The first-order valence-corrected chi connectivity index (χ1v) is 8.97. The summed E-state index contributed by atoms with van der Waals surface area (Å²) in [6, 6.07) is 21.6. The molecule has 0 amide bonds. The van der Waals surface area contributed by atoms with E-state index in [1.807, 2.05) is 36.1 Å². The third-order valence-electron chi connectivity index (χ3n) is 4.50. The molecule has 0 fully saturated rings. The van der Waals surface area contributed by atoms with Crippen molar-refractivity contribution in [3.63, 3.8) is 0 Å². The van der Waals surface area contributed by atoms with Crippen molar-refractivity contribution in [1.29, 1.82) is 0 Å². The molecular weight excluding hydrogens is 324 g/mol. The van der Waals surface area contributed by atoms with Gasteiger partial charge in [0, 0.05) is 45.0 Å². The van der Waals surface area contributed by atoms with E-state index in [0.717, 1.165) is 0 Å². The summed E-state index contributed by atoms with van der Waals surface area (Å²) >= 11 is 1.85. The number of pyridine rings is 2. The Morgan fingerprint density at radius 1 is 0.480 bits per heavy atom. The molecule has 5 aromatic rings. The van der Waals surface area contributed by atoms with Crippen LogP contribution in [0.2, 0.25) is 0 Å². The minimum absolute atomic E-state index is 1.20. The number of aromatic nitrogens is 2. The summed E-state index contributed by atoms with van der Waals surface area (Å²) in [5.74, 6) is 0. The second kappa shape index (κ2) is 5.80. The molecule has 3 heteroatoms. The number of hydrogen-bond donors (Lipinski definition) is 0. The zero-order chi connectivity index (χ0) is 16.6. The van der Waals surface area contributed by atoms with Crippen LogP contribution in [0.5, 0.6) is 0 Å². The Morgan fingerprint density at radius 3 is 1.36 bits per heavy atom. The molecule has 3 heterocycles. The van der Waals surface area contributed by atoms with Crippen molar-refractivity contribution in [2.24, 2.45) is 0 Å². The fourth-order valence-electron chi connectivity index (χ4n) is 3.22. The minimum Gasteiger partial charge on any atom is -0.265 e. The molecule has 5 rings (SSSR count). The molecule has 0 N–H and O–H groups in total. The number of nitrogens with zero attached hydrogens (tertiary/aromatic N) is 2. The van der Waals surface area contributed by atoms with E-state index in [4.69, 9.17) is 0 Å². The summed E-state index contributed by atoms with van der Waals surface area (Å²) in [6.45, 7) is 0. The van der Waals surface area contributed by atoms with E-state index in [-0.39, 0.29) is 0 Å². The van der Waals surface area contributed by atoms with Gasteiger partial charge in [0.2, 0.25) is 0 Å². The highest BCUT2D eigenvalue weighted by molar-refractivity contribution is 7.25. The molecule has 2 nitrogen and oxygen atoms in total. The summed E-state index contributed by atoms with van der Waals surface area (Å²) in [5, 5.41) is 2.64. The molecule has 0 saturated heterocycles. The van der Waals surface area contributed by atoms with Crippen LogP contribution in [-0.4, -0.2) is 9.97 Å². The Bertz CT molecular complexity index is 1080. The molecule has 0 saturated carbocycles. The lowest BCUT2D eigenvalue weighted by atomic mass is 10.0. The van der Waals surface area contributed by atoms with Gasteiger partial charge in [0.1, 0.15) is 0 Å². The van der Waals surface area contributed by atoms with Gasteiger partial charge < -0.3 is 0 Å². The van der Waals surface area contributed by atoms with Gasteiger partial charge in [-0.05, 0) is 58.7 Å². The van der Waals surface area contributed by atoms with E-state index >= 15 is 0 Å². The monoisotopic (exact) mass is 338 g/mol. The molecule has 0 atom stereocenters. The van der Waals surface area contributed by atoms with E-state index in [9.17, 15) is 0 Å². The molecule has 2 aromatic carbocycles. The Kier molecular flexibility index (Phi) is 3.32. The normalized spacial score (nSPS) is 11.2. The van der Waals surface area contributed by atoms with E-state index in [0.29, 0.717) is 0 Å². The van der Waals surface area contributed by atoms with Crippen molar-refractivity contribution in [2.45, 2.75) is 0 Å². The molecule has 0 aliphatic carbocycles. The Labute approximate surface area is 149 Å². The van der Waals surface area contributed by atoms with Gasteiger partial charge in [-0.2, -0.15) is 0 Å². The smallest absolute Gasteiger partial charge is 0.0361 e. The Morgan fingerprint density at radius 2 is 0.920 bits per heavy atom. The molecule has 0 aliphatic rings. The van der Waals surface area contributed by atoms with Gasteiger partial charge >= 0.3 is 0 Å². The average Bonchev–Trinajstić information content (AvgIpc) is 3.06. The van der Waals surface area contributed by atoms with Crippen LogP contribution < -0.4 is 0 Å². The largest absolute Gasteiger partial charge is 0.265 e. The van der Waals surface area contributed by atoms with Crippen molar-refractivity contribution in [2.75, 3.05) is 0 Å². The van der Waals surface area contributed by atoms with Crippen molar-refractivity contribution >= 4 is 31.5 Å². The van der Waals surface area contributed by atoms with Crippen molar-refractivity contribution in [3.05, 3.63) is 85.5 Å². The Balaban J connectivity index is 1.67. The maximum Gasteiger partial charge on any atom is 0.0361 e. The average molecular weight is 338 g/mol. The highest BCUT2D eigenvalue weighted by Crippen LogP contribution is 2.38. The zero-order valence-corrected chi connectivity index (χ0v) is 14.2. The number of thiophene rings is 1. The second-order valence-electron chi connectivity index (χ2n) is 6.00. The van der Waals surface area contributed by atoms with Gasteiger partial charge in [-0.15, -0.1) is 11.3 Å². The summed E-state index contributed by atoms with van der Waals surface area (Å²) in [5.41, 5.74) is 4.87. The van der Waals surface area contributed by atoms with Crippen LogP contribution in [0.1, 0.15) is 0 Å². The summed E-state index contributed by atoms with van der Waals surface area (Å²) < 4.78 is 2.63. The van der Waals surface area contributed by atoms with E-state index in [1.165, 1.54) is 42.4 Å².